The van der Waals surface area contributed by atoms with Crippen LogP contribution in [0, 0.1) is 15.9 Å². The molecule has 1 rings (SSSR count). The van der Waals surface area contributed by atoms with Gasteiger partial charge in [0, 0.05) is 24.4 Å². The standard InChI is InChI=1S/C11H13FN2O6S/c1-2-21(19,20)4-3-13-9-6-8(12)7(11(15)16)5-10(9)14(17)18/h5-6,13H,2-4H2,1H3,(H,15,16). The Hall–Kier alpha value is -2.23. The van der Waals surface area contributed by atoms with E-state index in [0.717, 1.165) is 0 Å². The quantitative estimate of drug-likeness (QED) is 0.572. The number of nitro groups is 1. The number of benzene rings is 1. The van der Waals surface area contributed by atoms with Gasteiger partial charge in [0.15, 0.2) is 9.84 Å². The normalized spacial score (nSPS) is 11.1. The number of sulfone groups is 1. The lowest BCUT2D eigenvalue weighted by atomic mass is 10.1. The van der Waals surface area contributed by atoms with Crippen molar-refractivity contribution in [1.29, 1.82) is 0 Å². The van der Waals surface area contributed by atoms with E-state index >= 15 is 0 Å². The van der Waals surface area contributed by atoms with E-state index in [1.807, 2.05) is 0 Å². The van der Waals surface area contributed by atoms with E-state index in [1.165, 1.54) is 6.92 Å². The average Bonchev–Trinajstić information content (AvgIpc) is 2.37. The lowest BCUT2D eigenvalue weighted by molar-refractivity contribution is -0.384. The van der Waals surface area contributed by atoms with Gasteiger partial charge in [0.2, 0.25) is 0 Å². The smallest absolute Gasteiger partial charge is 0.338 e. The molecule has 0 amide bonds. The molecule has 0 aliphatic heterocycles. The Bertz CT molecular complexity index is 674. The van der Waals surface area contributed by atoms with Crippen molar-refractivity contribution in [3.63, 3.8) is 0 Å². The molecule has 0 heterocycles. The van der Waals surface area contributed by atoms with Crippen molar-refractivity contribution in [2.24, 2.45) is 0 Å². The molecule has 0 saturated heterocycles. The van der Waals surface area contributed by atoms with Gasteiger partial charge in [-0.25, -0.2) is 17.6 Å². The number of carbonyl (C=O) groups is 1. The van der Waals surface area contributed by atoms with Gasteiger partial charge in [-0.15, -0.1) is 0 Å². The summed E-state index contributed by atoms with van der Waals surface area (Å²) in [4.78, 5) is 20.7. The molecule has 0 unspecified atom stereocenters. The van der Waals surface area contributed by atoms with E-state index in [2.05, 4.69) is 5.32 Å². The lowest BCUT2D eigenvalue weighted by Gasteiger charge is -2.08. The second kappa shape index (κ2) is 6.48. The predicted octanol–water partition coefficient (Wildman–Crippen LogP) is 1.28. The van der Waals surface area contributed by atoms with E-state index in [1.54, 1.807) is 0 Å². The molecule has 0 aliphatic rings. The second-order valence-corrected chi connectivity index (χ2v) is 6.55. The van der Waals surface area contributed by atoms with Crippen molar-refractivity contribution >= 4 is 27.2 Å². The highest BCUT2D eigenvalue weighted by molar-refractivity contribution is 7.91. The maximum atomic E-state index is 13.5. The zero-order chi connectivity index (χ0) is 16.2. The third-order valence-corrected chi connectivity index (χ3v) is 4.39. The highest BCUT2D eigenvalue weighted by atomic mass is 32.2. The number of hydrogen-bond acceptors (Lipinski definition) is 6. The van der Waals surface area contributed by atoms with Gasteiger partial charge in [0.1, 0.15) is 17.1 Å². The first-order valence-corrected chi connectivity index (χ1v) is 7.65. The van der Waals surface area contributed by atoms with Gasteiger partial charge >= 0.3 is 5.97 Å². The number of hydrogen-bond donors (Lipinski definition) is 2. The van der Waals surface area contributed by atoms with Crippen LogP contribution >= 0.6 is 0 Å². The maximum Gasteiger partial charge on any atom is 0.338 e. The Kier molecular flexibility index (Phi) is 5.19. The van der Waals surface area contributed by atoms with E-state index in [4.69, 9.17) is 5.11 Å². The summed E-state index contributed by atoms with van der Waals surface area (Å²) in [6.07, 6.45) is 0. The molecule has 10 heteroatoms. The largest absolute Gasteiger partial charge is 0.478 e. The van der Waals surface area contributed by atoms with Crippen molar-refractivity contribution in [3.8, 4) is 0 Å². The molecule has 0 atom stereocenters. The van der Waals surface area contributed by atoms with Gasteiger partial charge in [-0.1, -0.05) is 6.92 Å². The molecular formula is C11H13FN2O6S. The van der Waals surface area contributed by atoms with Crippen LogP contribution in [0.15, 0.2) is 12.1 Å². The molecule has 0 saturated carbocycles. The zero-order valence-electron chi connectivity index (χ0n) is 11.0. The Balaban J connectivity index is 3.04. The van der Waals surface area contributed by atoms with Gasteiger partial charge in [0.05, 0.1) is 10.7 Å². The molecule has 2 N–H and O–H groups in total. The topological polar surface area (TPSA) is 127 Å². The van der Waals surface area contributed by atoms with Crippen LogP contribution in [0.25, 0.3) is 0 Å². The number of nitrogens with one attached hydrogen (secondary N) is 1. The molecule has 0 aliphatic carbocycles. The minimum atomic E-state index is -3.27. The fourth-order valence-corrected chi connectivity index (χ4v) is 2.21. The number of anilines is 1. The first kappa shape index (κ1) is 16.8. The van der Waals surface area contributed by atoms with Crippen molar-refractivity contribution in [2.75, 3.05) is 23.4 Å². The van der Waals surface area contributed by atoms with Crippen molar-refractivity contribution in [1.82, 2.24) is 0 Å². The highest BCUT2D eigenvalue weighted by Gasteiger charge is 2.22. The van der Waals surface area contributed by atoms with Gasteiger partial charge < -0.3 is 10.4 Å². The minimum absolute atomic E-state index is 0.0803. The first-order valence-electron chi connectivity index (χ1n) is 5.83. The van der Waals surface area contributed by atoms with Crippen LogP contribution in [0.3, 0.4) is 0 Å². The number of nitro benzene ring substituents is 1. The number of nitrogens with zero attached hydrogens (tertiary/aromatic N) is 1. The fourth-order valence-electron chi connectivity index (χ4n) is 1.50. The van der Waals surface area contributed by atoms with Gasteiger partial charge in [-0.2, -0.15) is 0 Å². The van der Waals surface area contributed by atoms with Crippen molar-refractivity contribution in [3.05, 3.63) is 33.6 Å². The number of aromatic carboxylic acids is 1. The Morgan fingerprint density at radius 2 is 2.10 bits per heavy atom. The van der Waals surface area contributed by atoms with Crippen LogP contribution in [-0.2, 0) is 9.84 Å². The molecule has 0 fully saturated rings. The van der Waals surface area contributed by atoms with E-state index < -0.39 is 37.8 Å². The van der Waals surface area contributed by atoms with Gasteiger partial charge in [-0.3, -0.25) is 10.1 Å². The summed E-state index contributed by atoms with van der Waals surface area (Å²) >= 11 is 0. The van der Waals surface area contributed by atoms with Crippen LogP contribution in [0.5, 0.6) is 0 Å². The summed E-state index contributed by atoms with van der Waals surface area (Å²) in [7, 11) is -3.27. The monoisotopic (exact) mass is 320 g/mol. The van der Waals surface area contributed by atoms with E-state index in [-0.39, 0.29) is 23.7 Å². The Morgan fingerprint density at radius 1 is 1.48 bits per heavy atom. The SMILES string of the molecule is CCS(=O)(=O)CCNc1cc(F)c(C(=O)O)cc1[N+](=O)[O-]. The predicted molar refractivity (Wildman–Crippen MR) is 72.8 cm³/mol. The third kappa shape index (κ3) is 4.38. The summed E-state index contributed by atoms with van der Waals surface area (Å²) in [5, 5.41) is 22.0. The van der Waals surface area contributed by atoms with Crippen LogP contribution in [0.1, 0.15) is 17.3 Å². The zero-order valence-corrected chi connectivity index (χ0v) is 11.8. The van der Waals surface area contributed by atoms with E-state index in [0.29, 0.717) is 12.1 Å². The van der Waals surface area contributed by atoms with Crippen LogP contribution in [-0.4, -0.2) is 42.5 Å². The summed E-state index contributed by atoms with van der Waals surface area (Å²) in [6.45, 7) is 1.31. The minimum Gasteiger partial charge on any atom is -0.478 e. The molecule has 21 heavy (non-hydrogen) atoms. The molecule has 1 aromatic carbocycles. The average molecular weight is 320 g/mol. The number of carboxylic acids is 1. The number of carboxylic acid groups (broad SMARTS) is 1. The van der Waals surface area contributed by atoms with Crippen molar-refractivity contribution in [2.45, 2.75) is 6.92 Å². The summed E-state index contributed by atoms with van der Waals surface area (Å²) in [5.41, 5.74) is -1.73. The number of rotatable bonds is 7. The summed E-state index contributed by atoms with van der Waals surface area (Å²) in [6, 6.07) is 1.26. The Morgan fingerprint density at radius 3 is 2.57 bits per heavy atom. The fraction of sp³-hybridized carbons (Fsp3) is 0.364. The van der Waals surface area contributed by atoms with Gasteiger partial charge in [0.25, 0.3) is 5.69 Å². The van der Waals surface area contributed by atoms with Crippen LogP contribution in [0.4, 0.5) is 15.8 Å². The molecular weight excluding hydrogens is 307 g/mol. The van der Waals surface area contributed by atoms with Crippen molar-refractivity contribution < 1.29 is 27.6 Å². The third-order valence-electron chi connectivity index (χ3n) is 2.68. The van der Waals surface area contributed by atoms with Crippen LogP contribution in [0.2, 0.25) is 0 Å². The second-order valence-electron chi connectivity index (χ2n) is 4.07. The summed E-state index contributed by atoms with van der Waals surface area (Å²) < 4.78 is 36.1. The van der Waals surface area contributed by atoms with Crippen LogP contribution < -0.4 is 5.32 Å². The maximum absolute atomic E-state index is 13.5. The summed E-state index contributed by atoms with van der Waals surface area (Å²) in [5.74, 6) is -3.13. The number of halogens is 1. The van der Waals surface area contributed by atoms with E-state index in [9.17, 15) is 27.7 Å². The molecule has 0 radical (unpaired) electrons. The molecule has 0 bridgehead atoms. The molecule has 0 aromatic heterocycles. The molecule has 8 nitrogen and oxygen atoms in total. The lowest BCUT2D eigenvalue weighted by Crippen LogP contribution is -2.18. The highest BCUT2D eigenvalue weighted by Crippen LogP contribution is 2.27. The molecule has 0 spiro atoms. The molecule has 1 aromatic rings. The van der Waals surface area contributed by atoms with Gasteiger partial charge in [-0.05, 0) is 0 Å². The Labute approximate surface area is 119 Å². The molecule has 116 valence electrons. The first-order chi connectivity index (χ1) is 9.68.